The summed E-state index contributed by atoms with van der Waals surface area (Å²) in [5.41, 5.74) is -0.150. The molecule has 232 valence electrons. The third kappa shape index (κ3) is 5.49. The summed E-state index contributed by atoms with van der Waals surface area (Å²) in [5.74, 6) is -2.54. The van der Waals surface area contributed by atoms with Crippen molar-refractivity contribution in [3.05, 3.63) is 95.0 Å². The molecule has 3 aromatic rings. The Labute approximate surface area is 257 Å². The van der Waals surface area contributed by atoms with Gasteiger partial charge >= 0.3 is 6.18 Å². The molecular formula is C32H32F5N5OS. The summed E-state index contributed by atoms with van der Waals surface area (Å²) < 4.78 is 70.1. The number of carbonyl (C=O) groups is 1. The van der Waals surface area contributed by atoms with E-state index in [0.29, 0.717) is 22.7 Å². The second-order valence-corrected chi connectivity index (χ2v) is 12.6. The average molecular weight is 630 g/mol. The Kier molecular flexibility index (Phi) is 8.13. The van der Waals surface area contributed by atoms with Gasteiger partial charge in [0.1, 0.15) is 0 Å². The Morgan fingerprint density at radius 1 is 1.09 bits per heavy atom. The molecule has 44 heavy (non-hydrogen) atoms. The molecule has 1 unspecified atom stereocenters. The molecule has 2 aromatic carbocycles. The maximum absolute atomic E-state index is 14.8. The molecular weight excluding hydrogens is 597 g/mol. The number of nitrogens with one attached hydrogen (secondary N) is 1. The van der Waals surface area contributed by atoms with Crippen LogP contribution in [0.25, 0.3) is 11.1 Å². The van der Waals surface area contributed by atoms with Crippen molar-refractivity contribution < 1.29 is 26.7 Å². The van der Waals surface area contributed by atoms with E-state index in [1.54, 1.807) is 6.26 Å². The van der Waals surface area contributed by atoms with E-state index in [1.807, 2.05) is 32.7 Å². The lowest BCUT2D eigenvalue weighted by molar-refractivity contribution is -0.171. The molecule has 1 N–H and O–H groups in total. The number of hydrogen-bond donors (Lipinski definition) is 1. The molecule has 0 saturated carbocycles. The summed E-state index contributed by atoms with van der Waals surface area (Å²) in [6.45, 7) is 11.7. The monoisotopic (exact) mass is 629 g/mol. The number of aromatic nitrogens is 2. The highest BCUT2D eigenvalue weighted by Crippen LogP contribution is 2.51. The summed E-state index contributed by atoms with van der Waals surface area (Å²) in [4.78, 5) is 22.7. The molecule has 0 aliphatic carbocycles. The fourth-order valence-corrected chi connectivity index (χ4v) is 6.52. The number of fused-ring (bicyclic) bond motifs is 1. The number of halogens is 5. The number of hydrazine groups is 1. The number of nitrogens with zero attached hydrogens (tertiary/aromatic N) is 4. The van der Waals surface area contributed by atoms with Gasteiger partial charge in [0.2, 0.25) is 0 Å². The lowest BCUT2D eigenvalue weighted by Gasteiger charge is -2.53. The Hall–Kier alpha value is -3.77. The molecule has 3 heterocycles. The molecule has 1 aromatic heterocycles. The summed E-state index contributed by atoms with van der Waals surface area (Å²) in [6.07, 6.45) is 1.46. The third-order valence-corrected chi connectivity index (χ3v) is 9.12. The van der Waals surface area contributed by atoms with E-state index in [-0.39, 0.29) is 34.6 Å². The van der Waals surface area contributed by atoms with E-state index in [1.165, 1.54) is 47.4 Å². The normalized spacial score (nSPS) is 20.2. The second-order valence-electron chi connectivity index (χ2n) is 11.8. The molecule has 6 nitrogen and oxygen atoms in total. The topological polar surface area (TPSA) is 61.4 Å². The number of thioether (sulfide) groups is 1. The van der Waals surface area contributed by atoms with E-state index in [0.717, 1.165) is 24.6 Å². The Balaban J connectivity index is 1.58. The van der Waals surface area contributed by atoms with Crippen molar-refractivity contribution in [1.82, 2.24) is 20.0 Å². The van der Waals surface area contributed by atoms with Gasteiger partial charge in [0.15, 0.2) is 16.8 Å². The van der Waals surface area contributed by atoms with Crippen molar-refractivity contribution in [3.63, 3.8) is 0 Å². The van der Waals surface area contributed by atoms with Gasteiger partial charge in [-0.25, -0.2) is 23.8 Å². The van der Waals surface area contributed by atoms with Crippen LogP contribution >= 0.6 is 11.8 Å². The smallest absolute Gasteiger partial charge is 0.355 e. The first kappa shape index (κ1) is 31.6. The van der Waals surface area contributed by atoms with Gasteiger partial charge in [-0.2, -0.15) is 13.2 Å². The van der Waals surface area contributed by atoms with Crippen LogP contribution in [0.3, 0.4) is 0 Å². The van der Waals surface area contributed by atoms with Crippen molar-refractivity contribution in [3.8, 4) is 11.1 Å². The highest BCUT2D eigenvalue weighted by molar-refractivity contribution is 7.98. The predicted molar refractivity (Wildman–Crippen MR) is 160 cm³/mol. The van der Waals surface area contributed by atoms with Gasteiger partial charge in [-0.15, -0.1) is 0 Å². The van der Waals surface area contributed by atoms with Crippen LogP contribution in [-0.4, -0.2) is 43.2 Å². The van der Waals surface area contributed by atoms with Crippen LogP contribution in [0.5, 0.6) is 0 Å². The standard InChI is InChI=1S/C32H32F5N5OS/c1-18-26(19(2)40-25-11-10-22(32(35,36)37)14-23(25)21-15-38-29(44-6)39-16-21)28(43)41(17-20-8-7-9-24(33)27(20)34)42-30(3,4)12-13-31(18,42)5/h7-11,14-16,40H,2,12-13,17H2,1,3-6H3. The minimum Gasteiger partial charge on any atom is -0.355 e. The minimum absolute atomic E-state index is 0.0135. The molecule has 0 bridgehead atoms. The van der Waals surface area contributed by atoms with Crippen molar-refractivity contribution in [1.29, 1.82) is 0 Å². The van der Waals surface area contributed by atoms with Gasteiger partial charge in [0.25, 0.3) is 5.91 Å². The fraction of sp³-hybridized carbons (Fsp3) is 0.344. The van der Waals surface area contributed by atoms with E-state index in [9.17, 15) is 26.7 Å². The maximum Gasteiger partial charge on any atom is 0.416 e. The van der Waals surface area contributed by atoms with Crippen molar-refractivity contribution in [2.45, 2.75) is 69.5 Å². The van der Waals surface area contributed by atoms with E-state index < -0.39 is 40.4 Å². The average Bonchev–Trinajstić information content (AvgIpc) is 3.22. The zero-order valence-corrected chi connectivity index (χ0v) is 25.8. The largest absolute Gasteiger partial charge is 0.416 e. The van der Waals surface area contributed by atoms with Gasteiger partial charge < -0.3 is 5.32 Å². The number of amides is 1. The van der Waals surface area contributed by atoms with Gasteiger partial charge in [-0.1, -0.05) is 30.5 Å². The first-order valence-electron chi connectivity index (χ1n) is 13.9. The van der Waals surface area contributed by atoms with E-state index >= 15 is 0 Å². The van der Waals surface area contributed by atoms with Crippen molar-refractivity contribution in [2.75, 3.05) is 11.6 Å². The van der Waals surface area contributed by atoms with Crippen LogP contribution in [0.2, 0.25) is 0 Å². The lowest BCUT2D eigenvalue weighted by Crippen LogP contribution is -2.64. The van der Waals surface area contributed by atoms with E-state index in [4.69, 9.17) is 0 Å². The zero-order valence-electron chi connectivity index (χ0n) is 24.9. The van der Waals surface area contributed by atoms with Crippen LogP contribution in [0.15, 0.2) is 77.4 Å². The Morgan fingerprint density at radius 3 is 2.41 bits per heavy atom. The first-order chi connectivity index (χ1) is 20.6. The Morgan fingerprint density at radius 2 is 1.77 bits per heavy atom. The molecule has 0 radical (unpaired) electrons. The summed E-state index contributed by atoms with van der Waals surface area (Å²) in [5, 5.41) is 6.92. The zero-order chi connectivity index (χ0) is 32.2. The Bertz CT molecular complexity index is 1670. The minimum atomic E-state index is -4.59. The highest BCUT2D eigenvalue weighted by atomic mass is 32.2. The van der Waals surface area contributed by atoms with Gasteiger partial charge in [0.05, 0.1) is 23.2 Å². The molecule has 2 aliphatic rings. The number of hydrogen-bond acceptors (Lipinski definition) is 6. The van der Waals surface area contributed by atoms with E-state index in [2.05, 4.69) is 21.9 Å². The third-order valence-electron chi connectivity index (χ3n) is 8.54. The molecule has 0 spiro atoms. The van der Waals surface area contributed by atoms with Crippen LogP contribution in [0, 0.1) is 11.6 Å². The van der Waals surface area contributed by atoms with Gasteiger partial charge in [-0.05, 0) is 76.6 Å². The number of alkyl halides is 3. The molecule has 2 aliphatic heterocycles. The summed E-state index contributed by atoms with van der Waals surface area (Å²) in [7, 11) is 0. The fourth-order valence-electron chi connectivity index (χ4n) is 6.20. The summed E-state index contributed by atoms with van der Waals surface area (Å²) in [6, 6.07) is 7.06. The predicted octanol–water partition coefficient (Wildman–Crippen LogP) is 8.00. The molecule has 12 heteroatoms. The highest BCUT2D eigenvalue weighted by Gasteiger charge is 2.56. The molecule has 1 amide bonds. The van der Waals surface area contributed by atoms with Gasteiger partial charge in [-0.3, -0.25) is 9.80 Å². The van der Waals surface area contributed by atoms with Crippen LogP contribution in [0.4, 0.5) is 27.6 Å². The number of anilines is 1. The summed E-state index contributed by atoms with van der Waals surface area (Å²) >= 11 is 1.29. The number of rotatable bonds is 7. The van der Waals surface area contributed by atoms with Gasteiger partial charge in [0, 0.05) is 46.0 Å². The van der Waals surface area contributed by atoms with Crippen LogP contribution < -0.4 is 5.32 Å². The van der Waals surface area contributed by atoms with Crippen molar-refractivity contribution in [2.24, 2.45) is 0 Å². The van der Waals surface area contributed by atoms with Crippen molar-refractivity contribution >= 4 is 23.4 Å². The second kappa shape index (κ2) is 11.3. The molecule has 5 rings (SSSR count). The quantitative estimate of drug-likeness (QED) is 0.162. The number of benzene rings is 2. The molecule has 1 atom stereocenters. The first-order valence-corrected chi connectivity index (χ1v) is 15.1. The lowest BCUT2D eigenvalue weighted by atomic mass is 9.84. The molecule has 1 saturated heterocycles. The molecule has 1 fully saturated rings. The maximum atomic E-state index is 14.8. The SMILES string of the molecule is C=C(Nc1ccc(C(F)(F)F)cc1-c1cnc(SC)nc1)C1=C(C)C2(C)CCC(C)(C)N2N(Cc2cccc(F)c2F)C1=O. The number of carbonyl (C=O) groups excluding carboxylic acids is 1. The van der Waals surface area contributed by atoms with Crippen LogP contribution in [-0.2, 0) is 17.5 Å². The van der Waals surface area contributed by atoms with Crippen LogP contribution in [0.1, 0.15) is 51.7 Å².